The van der Waals surface area contributed by atoms with Gasteiger partial charge in [0.05, 0.1) is 35.3 Å². The molecule has 5 aromatic rings. The summed E-state index contributed by atoms with van der Waals surface area (Å²) in [5, 5.41) is 1.55. The number of fused-ring (bicyclic) bond motifs is 3. The largest absolute Gasteiger partial charge is 0.488 e. The molecule has 8 heteroatoms. The number of methoxy groups -OCH3 is 1. The van der Waals surface area contributed by atoms with E-state index in [-0.39, 0.29) is 30.9 Å². The highest BCUT2D eigenvalue weighted by Gasteiger charge is 2.26. The average Bonchev–Trinajstić information content (AvgIpc) is 3.33. The van der Waals surface area contributed by atoms with Gasteiger partial charge in [-0.3, -0.25) is 4.79 Å². The van der Waals surface area contributed by atoms with Crippen LogP contribution in [0, 0.1) is 0 Å². The zero-order valence-electron chi connectivity index (χ0n) is 25.1. The maximum absolute atomic E-state index is 13.6. The van der Waals surface area contributed by atoms with Crippen LogP contribution < -0.4 is 4.74 Å². The number of rotatable bonds is 12. The SMILES string of the molecule is COCc1c(C(=O)OC(C)C)ncc2c1c1c(OCc3ccccc3)cccc1n2CC(=O)N(C)CCc1ccccc1. The zero-order valence-corrected chi connectivity index (χ0v) is 25.1. The van der Waals surface area contributed by atoms with E-state index in [1.54, 1.807) is 32.1 Å². The molecule has 0 N–H and O–H groups in total. The highest BCUT2D eigenvalue weighted by Crippen LogP contribution is 2.39. The molecule has 0 saturated heterocycles. The van der Waals surface area contributed by atoms with Gasteiger partial charge in [0.2, 0.25) is 5.91 Å². The number of esters is 1. The van der Waals surface area contributed by atoms with Crippen molar-refractivity contribution in [3.05, 3.63) is 107 Å². The maximum Gasteiger partial charge on any atom is 0.357 e. The van der Waals surface area contributed by atoms with E-state index in [1.807, 2.05) is 78.3 Å². The Hall–Kier alpha value is -4.69. The Balaban J connectivity index is 1.59. The first-order valence-corrected chi connectivity index (χ1v) is 14.4. The zero-order chi connectivity index (χ0) is 30.3. The standard InChI is InChI=1S/C35H37N3O5/c1-24(2)43-35(40)34-27(23-41-4)32-29(20-36-34)38(21-31(39)37(3)19-18-25-12-7-5-8-13-25)28-16-11-17-30(33(28)32)42-22-26-14-9-6-10-15-26/h5-17,20,24H,18-19,21-23H2,1-4H3. The maximum atomic E-state index is 13.6. The minimum absolute atomic E-state index is 0.0399. The Morgan fingerprint density at radius 1 is 0.860 bits per heavy atom. The van der Waals surface area contributed by atoms with Gasteiger partial charge < -0.3 is 23.7 Å². The lowest BCUT2D eigenvalue weighted by Gasteiger charge is -2.18. The van der Waals surface area contributed by atoms with E-state index in [2.05, 4.69) is 17.1 Å². The van der Waals surface area contributed by atoms with Gasteiger partial charge in [0.15, 0.2) is 5.69 Å². The highest BCUT2D eigenvalue weighted by molar-refractivity contribution is 6.14. The summed E-state index contributed by atoms with van der Waals surface area (Å²) in [6, 6.07) is 25.8. The molecule has 222 valence electrons. The fourth-order valence-electron chi connectivity index (χ4n) is 5.23. The van der Waals surface area contributed by atoms with E-state index >= 15 is 0 Å². The van der Waals surface area contributed by atoms with Crippen LogP contribution >= 0.6 is 0 Å². The Morgan fingerprint density at radius 3 is 2.23 bits per heavy atom. The van der Waals surface area contributed by atoms with Crippen LogP contribution in [0.3, 0.4) is 0 Å². The van der Waals surface area contributed by atoms with E-state index < -0.39 is 5.97 Å². The fourth-order valence-corrected chi connectivity index (χ4v) is 5.23. The van der Waals surface area contributed by atoms with Gasteiger partial charge in [0.25, 0.3) is 0 Å². The number of benzene rings is 3. The molecule has 0 aliphatic heterocycles. The van der Waals surface area contributed by atoms with Gasteiger partial charge >= 0.3 is 5.97 Å². The molecule has 0 radical (unpaired) electrons. The predicted octanol–water partition coefficient (Wildman–Crippen LogP) is 6.18. The summed E-state index contributed by atoms with van der Waals surface area (Å²) in [5.74, 6) is 0.0768. The van der Waals surface area contributed by atoms with Gasteiger partial charge in [-0.25, -0.2) is 9.78 Å². The molecule has 0 unspecified atom stereocenters. The van der Waals surface area contributed by atoms with Crippen molar-refractivity contribution in [2.45, 2.75) is 46.1 Å². The van der Waals surface area contributed by atoms with Gasteiger partial charge in [-0.1, -0.05) is 66.7 Å². The van der Waals surface area contributed by atoms with Crippen molar-refractivity contribution in [1.82, 2.24) is 14.5 Å². The molecule has 8 nitrogen and oxygen atoms in total. The first-order chi connectivity index (χ1) is 20.9. The molecule has 0 aliphatic rings. The Labute approximate surface area is 251 Å². The Morgan fingerprint density at radius 2 is 1.56 bits per heavy atom. The lowest BCUT2D eigenvalue weighted by Crippen LogP contribution is -2.32. The number of ether oxygens (including phenoxy) is 3. The minimum Gasteiger partial charge on any atom is -0.488 e. The van der Waals surface area contributed by atoms with Crippen LogP contribution in [0.25, 0.3) is 21.8 Å². The lowest BCUT2D eigenvalue weighted by atomic mass is 10.0. The van der Waals surface area contributed by atoms with Crippen molar-refractivity contribution in [3.8, 4) is 5.75 Å². The number of nitrogens with zero attached hydrogens (tertiary/aromatic N) is 3. The lowest BCUT2D eigenvalue weighted by molar-refractivity contribution is -0.130. The van der Waals surface area contributed by atoms with E-state index in [0.717, 1.165) is 28.3 Å². The average molecular weight is 580 g/mol. The molecule has 2 aromatic heterocycles. The summed E-state index contributed by atoms with van der Waals surface area (Å²) >= 11 is 0. The number of pyridine rings is 1. The van der Waals surface area contributed by atoms with Gasteiger partial charge in [0, 0.05) is 31.7 Å². The van der Waals surface area contributed by atoms with Crippen LogP contribution in [0.4, 0.5) is 0 Å². The van der Waals surface area contributed by atoms with Crippen LogP contribution in [0.1, 0.15) is 41.0 Å². The van der Waals surface area contributed by atoms with Crippen molar-refractivity contribution in [3.63, 3.8) is 0 Å². The Bertz CT molecular complexity index is 1710. The summed E-state index contributed by atoms with van der Waals surface area (Å²) in [6.07, 6.45) is 2.09. The number of hydrogen-bond acceptors (Lipinski definition) is 6. The van der Waals surface area contributed by atoms with E-state index in [9.17, 15) is 9.59 Å². The van der Waals surface area contributed by atoms with Crippen molar-refractivity contribution < 1.29 is 23.8 Å². The van der Waals surface area contributed by atoms with Crippen molar-refractivity contribution in [2.24, 2.45) is 0 Å². The molecule has 0 aliphatic carbocycles. The second-order valence-corrected chi connectivity index (χ2v) is 10.8. The summed E-state index contributed by atoms with van der Waals surface area (Å²) in [6.45, 7) is 4.77. The molecule has 2 heterocycles. The van der Waals surface area contributed by atoms with E-state index in [4.69, 9.17) is 14.2 Å². The third-order valence-electron chi connectivity index (χ3n) is 7.36. The third-order valence-corrected chi connectivity index (χ3v) is 7.36. The van der Waals surface area contributed by atoms with Gasteiger partial charge in [-0.15, -0.1) is 0 Å². The number of carbonyl (C=O) groups excluding carboxylic acids is 2. The highest BCUT2D eigenvalue weighted by atomic mass is 16.5. The molecule has 1 amide bonds. The third kappa shape index (κ3) is 6.70. The van der Waals surface area contributed by atoms with Crippen molar-refractivity contribution in [1.29, 1.82) is 0 Å². The first kappa shape index (κ1) is 29.8. The van der Waals surface area contributed by atoms with Crippen LogP contribution in [0.15, 0.2) is 85.1 Å². The summed E-state index contributed by atoms with van der Waals surface area (Å²) in [4.78, 5) is 33.0. The number of likely N-dealkylation sites (N-methyl/N-ethyl adjacent to an activating group) is 1. The number of amides is 1. The molecular weight excluding hydrogens is 542 g/mol. The molecule has 0 fully saturated rings. The second kappa shape index (κ2) is 13.5. The molecule has 0 spiro atoms. The molecule has 0 saturated carbocycles. The molecule has 3 aromatic carbocycles. The van der Waals surface area contributed by atoms with E-state index in [1.165, 1.54) is 5.56 Å². The van der Waals surface area contributed by atoms with Crippen LogP contribution in [0.2, 0.25) is 0 Å². The smallest absolute Gasteiger partial charge is 0.357 e. The first-order valence-electron chi connectivity index (χ1n) is 14.4. The number of aromatic nitrogens is 2. The molecule has 43 heavy (non-hydrogen) atoms. The minimum atomic E-state index is -0.524. The van der Waals surface area contributed by atoms with Gasteiger partial charge in [-0.05, 0) is 43.5 Å². The summed E-state index contributed by atoms with van der Waals surface area (Å²) in [5.41, 5.74) is 4.50. The molecule has 5 rings (SSSR count). The van der Waals surface area contributed by atoms with E-state index in [0.29, 0.717) is 30.0 Å². The Kier molecular flexibility index (Phi) is 9.37. The quantitative estimate of drug-likeness (QED) is 0.164. The summed E-state index contributed by atoms with van der Waals surface area (Å²) < 4.78 is 19.4. The molecule has 0 atom stereocenters. The second-order valence-electron chi connectivity index (χ2n) is 10.8. The molecule has 0 bridgehead atoms. The summed E-state index contributed by atoms with van der Waals surface area (Å²) in [7, 11) is 3.40. The topological polar surface area (TPSA) is 82.9 Å². The van der Waals surface area contributed by atoms with Crippen molar-refractivity contribution >= 4 is 33.7 Å². The number of hydrogen-bond donors (Lipinski definition) is 0. The monoisotopic (exact) mass is 579 g/mol. The van der Waals surface area contributed by atoms with Gasteiger partial charge in [0.1, 0.15) is 18.9 Å². The van der Waals surface area contributed by atoms with Crippen LogP contribution in [0.5, 0.6) is 5.75 Å². The van der Waals surface area contributed by atoms with Crippen LogP contribution in [-0.4, -0.2) is 53.1 Å². The van der Waals surface area contributed by atoms with Gasteiger partial charge in [-0.2, -0.15) is 0 Å². The van der Waals surface area contributed by atoms with Crippen LogP contribution in [-0.2, 0) is 40.4 Å². The number of carbonyl (C=O) groups is 2. The molecular formula is C35H37N3O5. The normalized spacial score (nSPS) is 11.3. The predicted molar refractivity (Wildman–Crippen MR) is 167 cm³/mol. The fraction of sp³-hybridized carbons (Fsp3) is 0.286. The van der Waals surface area contributed by atoms with Crippen molar-refractivity contribution in [2.75, 3.05) is 20.7 Å².